The van der Waals surface area contributed by atoms with Crippen molar-refractivity contribution >= 4 is 0 Å². The molecule has 0 aliphatic heterocycles. The van der Waals surface area contributed by atoms with E-state index in [1.165, 1.54) is 30.5 Å². The molecule has 2 heterocycles. The van der Waals surface area contributed by atoms with E-state index in [0.717, 1.165) is 36.5 Å². The minimum Gasteiger partial charge on any atom is -0.406 e. The van der Waals surface area contributed by atoms with Gasteiger partial charge in [-0.25, -0.2) is 8.78 Å². The topological polar surface area (TPSA) is 71.0 Å². The number of hydrogen-bond acceptors (Lipinski definition) is 4. The number of aromatic nitrogens is 3. The number of alkyl halides is 5. The molecule has 0 saturated heterocycles. The van der Waals surface area contributed by atoms with Crippen LogP contribution in [0.1, 0.15) is 17.0 Å². The molecule has 4 rings (SSSR count). The maximum absolute atomic E-state index is 15.8. The molecular formula is C24H16F7N3O2. The molecule has 0 bridgehead atoms. The molecule has 4 aromatic rings. The summed E-state index contributed by atoms with van der Waals surface area (Å²) in [6.45, 7) is 0. The molecule has 0 saturated carbocycles. The van der Waals surface area contributed by atoms with Crippen molar-refractivity contribution in [3.05, 3.63) is 102 Å². The van der Waals surface area contributed by atoms with Crippen LogP contribution in [0.3, 0.4) is 0 Å². The lowest BCUT2D eigenvalue weighted by Gasteiger charge is -2.36. The van der Waals surface area contributed by atoms with E-state index in [9.17, 15) is 27.1 Å². The van der Waals surface area contributed by atoms with Crippen LogP contribution in [-0.4, -0.2) is 26.7 Å². The molecule has 0 amide bonds. The Morgan fingerprint density at radius 1 is 0.861 bits per heavy atom. The van der Waals surface area contributed by atoms with Crippen LogP contribution in [0.4, 0.5) is 30.7 Å². The van der Waals surface area contributed by atoms with Gasteiger partial charge in [-0.2, -0.15) is 13.9 Å². The first-order valence-corrected chi connectivity index (χ1v) is 10.3. The van der Waals surface area contributed by atoms with Gasteiger partial charge >= 0.3 is 12.3 Å². The molecule has 36 heavy (non-hydrogen) atoms. The maximum atomic E-state index is 15.8. The van der Waals surface area contributed by atoms with Crippen LogP contribution in [0.25, 0.3) is 11.1 Å². The van der Waals surface area contributed by atoms with Crippen LogP contribution in [0.5, 0.6) is 5.75 Å². The Morgan fingerprint density at radius 3 is 2.11 bits per heavy atom. The number of ether oxygens (including phenoxy) is 1. The van der Waals surface area contributed by atoms with Crippen molar-refractivity contribution in [2.45, 2.75) is 24.3 Å². The summed E-state index contributed by atoms with van der Waals surface area (Å²) in [6.07, 6.45) is -3.40. The van der Waals surface area contributed by atoms with Crippen molar-refractivity contribution in [3.8, 4) is 16.9 Å². The predicted molar refractivity (Wildman–Crippen MR) is 113 cm³/mol. The molecule has 1 atom stereocenters. The van der Waals surface area contributed by atoms with Crippen LogP contribution < -0.4 is 4.74 Å². The number of benzene rings is 2. The highest BCUT2D eigenvalue weighted by atomic mass is 19.4. The molecule has 2 aromatic carbocycles. The molecule has 0 fully saturated rings. The van der Waals surface area contributed by atoms with E-state index in [4.69, 9.17) is 0 Å². The van der Waals surface area contributed by atoms with Crippen molar-refractivity contribution in [3.63, 3.8) is 0 Å². The number of pyridine rings is 1. The lowest BCUT2D eigenvalue weighted by atomic mass is 9.81. The van der Waals surface area contributed by atoms with Gasteiger partial charge in [0.2, 0.25) is 0 Å². The lowest BCUT2D eigenvalue weighted by molar-refractivity contribution is -0.274. The van der Waals surface area contributed by atoms with Gasteiger partial charge in [-0.1, -0.05) is 24.3 Å². The third-order valence-electron chi connectivity index (χ3n) is 5.41. The first kappa shape index (κ1) is 25.2. The van der Waals surface area contributed by atoms with Crippen molar-refractivity contribution in [2.24, 2.45) is 0 Å². The van der Waals surface area contributed by atoms with Gasteiger partial charge in [-0.3, -0.25) is 10.1 Å². The summed E-state index contributed by atoms with van der Waals surface area (Å²) < 4.78 is 100. The van der Waals surface area contributed by atoms with E-state index in [-0.39, 0.29) is 11.3 Å². The Labute approximate surface area is 199 Å². The summed E-state index contributed by atoms with van der Waals surface area (Å²) >= 11 is 0. The largest absolute Gasteiger partial charge is 0.573 e. The first-order valence-electron chi connectivity index (χ1n) is 10.3. The average molecular weight is 511 g/mol. The molecule has 1 unspecified atom stereocenters. The van der Waals surface area contributed by atoms with Gasteiger partial charge < -0.3 is 9.84 Å². The highest BCUT2D eigenvalue weighted by Gasteiger charge is 2.57. The zero-order valence-corrected chi connectivity index (χ0v) is 18.0. The summed E-state index contributed by atoms with van der Waals surface area (Å²) in [4.78, 5) is 3.73. The van der Waals surface area contributed by atoms with Gasteiger partial charge in [0.05, 0.1) is 0 Å². The Hall–Kier alpha value is -3.93. The second-order valence-corrected chi connectivity index (χ2v) is 7.82. The van der Waals surface area contributed by atoms with Gasteiger partial charge in [-0.05, 0) is 35.9 Å². The third-order valence-corrected chi connectivity index (χ3v) is 5.41. The number of rotatable bonds is 7. The number of nitrogens with one attached hydrogen (secondary N) is 1. The Morgan fingerprint density at radius 2 is 1.56 bits per heavy atom. The van der Waals surface area contributed by atoms with Crippen LogP contribution in [0.15, 0.2) is 73.1 Å². The minimum atomic E-state index is -4.87. The molecule has 0 aliphatic carbocycles. The van der Waals surface area contributed by atoms with E-state index < -0.39 is 52.9 Å². The number of aliphatic hydroxyl groups is 1. The van der Waals surface area contributed by atoms with Crippen LogP contribution in [-0.2, 0) is 17.9 Å². The average Bonchev–Trinajstić information content (AvgIpc) is 3.31. The fourth-order valence-electron chi connectivity index (χ4n) is 3.67. The molecular weight excluding hydrogens is 495 g/mol. The van der Waals surface area contributed by atoms with E-state index in [2.05, 4.69) is 19.9 Å². The minimum absolute atomic E-state index is 0.0543. The standard InChI is InChI=1S/C24H16F7N3O2/c25-16-4-7-19(20(26)11-16)22(35,12-17-9-10-33-34-17)23(27,28)21-8-3-15(13-32-21)14-1-5-18(6-2-14)36-24(29,30)31/h1-11,13,35H,12H2,(H,33,34). The van der Waals surface area contributed by atoms with Gasteiger partial charge in [0.1, 0.15) is 23.1 Å². The third kappa shape index (κ3) is 5.03. The van der Waals surface area contributed by atoms with E-state index >= 15 is 8.78 Å². The van der Waals surface area contributed by atoms with Crippen LogP contribution in [0.2, 0.25) is 0 Å². The van der Waals surface area contributed by atoms with Gasteiger partial charge in [0, 0.05) is 41.7 Å². The number of hydrogen-bond donors (Lipinski definition) is 2. The normalized spacial score (nSPS) is 13.9. The Kier molecular flexibility index (Phi) is 6.48. The van der Waals surface area contributed by atoms with E-state index in [1.54, 1.807) is 0 Å². The zero-order chi connectivity index (χ0) is 26.1. The lowest BCUT2D eigenvalue weighted by Crippen LogP contribution is -2.46. The van der Waals surface area contributed by atoms with Gasteiger partial charge in [-0.15, -0.1) is 13.2 Å². The first-order chi connectivity index (χ1) is 16.9. The van der Waals surface area contributed by atoms with Gasteiger partial charge in [0.15, 0.2) is 5.60 Å². The SMILES string of the molecule is OC(Cc1ccn[nH]1)(c1ccc(F)cc1F)C(F)(F)c1ccc(-c2ccc(OC(F)(F)F)cc2)cn1. The molecule has 0 spiro atoms. The zero-order valence-electron chi connectivity index (χ0n) is 18.0. The van der Waals surface area contributed by atoms with E-state index in [1.807, 2.05) is 0 Å². The summed E-state index contributed by atoms with van der Waals surface area (Å²) in [7, 11) is 0. The number of H-pyrrole nitrogens is 1. The summed E-state index contributed by atoms with van der Waals surface area (Å²) in [5.41, 5.74) is -4.28. The molecule has 2 N–H and O–H groups in total. The molecule has 5 nitrogen and oxygen atoms in total. The highest BCUT2D eigenvalue weighted by Crippen LogP contribution is 2.47. The second-order valence-electron chi connectivity index (χ2n) is 7.82. The van der Waals surface area contributed by atoms with Crippen LogP contribution >= 0.6 is 0 Å². The predicted octanol–water partition coefficient (Wildman–Crippen LogP) is 5.87. The Balaban J connectivity index is 1.69. The fraction of sp³-hybridized carbons (Fsp3) is 0.167. The smallest absolute Gasteiger partial charge is 0.406 e. The number of nitrogens with zero attached hydrogens (tertiary/aromatic N) is 2. The number of halogens is 7. The van der Waals surface area contributed by atoms with Crippen molar-refractivity contribution < 1.29 is 40.6 Å². The monoisotopic (exact) mass is 511 g/mol. The molecule has 12 heteroatoms. The maximum Gasteiger partial charge on any atom is 0.573 e. The Bertz CT molecular complexity index is 1330. The molecule has 188 valence electrons. The summed E-state index contributed by atoms with van der Waals surface area (Å²) in [5, 5.41) is 17.3. The van der Waals surface area contributed by atoms with Crippen LogP contribution in [0, 0.1) is 11.6 Å². The molecule has 0 aliphatic rings. The van der Waals surface area contributed by atoms with Crippen molar-refractivity contribution in [1.82, 2.24) is 15.2 Å². The molecule has 0 radical (unpaired) electrons. The fourth-order valence-corrected chi connectivity index (χ4v) is 3.67. The highest BCUT2D eigenvalue weighted by molar-refractivity contribution is 5.63. The van der Waals surface area contributed by atoms with Crippen molar-refractivity contribution in [1.29, 1.82) is 0 Å². The molecule has 2 aromatic heterocycles. The summed E-state index contributed by atoms with van der Waals surface area (Å²) in [6, 6.07) is 9.93. The summed E-state index contributed by atoms with van der Waals surface area (Å²) in [5.74, 6) is -7.04. The van der Waals surface area contributed by atoms with Crippen molar-refractivity contribution in [2.75, 3.05) is 0 Å². The second kappa shape index (κ2) is 9.26. The van der Waals surface area contributed by atoms with E-state index in [0.29, 0.717) is 11.6 Å². The quantitative estimate of drug-likeness (QED) is 0.305. The van der Waals surface area contributed by atoms with Gasteiger partial charge in [0.25, 0.3) is 0 Å². The number of aromatic amines is 1.